The van der Waals surface area contributed by atoms with Gasteiger partial charge in [0.05, 0.1) is 0 Å². The van der Waals surface area contributed by atoms with Gasteiger partial charge in [0.15, 0.2) is 11.6 Å². The van der Waals surface area contributed by atoms with Crippen molar-refractivity contribution in [2.45, 2.75) is 33.1 Å². The molecule has 6 heteroatoms. The second-order valence-corrected chi connectivity index (χ2v) is 5.89. The number of aromatic nitrogens is 5. The Hall–Kier alpha value is -2.37. The molecule has 0 unspecified atom stereocenters. The van der Waals surface area contributed by atoms with Crippen molar-refractivity contribution in [3.8, 4) is 0 Å². The number of hydrogen-bond donors (Lipinski definition) is 2. The van der Waals surface area contributed by atoms with Crippen LogP contribution in [0.3, 0.4) is 0 Å². The van der Waals surface area contributed by atoms with E-state index in [9.17, 15) is 0 Å². The summed E-state index contributed by atoms with van der Waals surface area (Å²) < 4.78 is 1.81. The van der Waals surface area contributed by atoms with Crippen LogP contribution in [0.4, 0.5) is 11.6 Å². The van der Waals surface area contributed by atoms with E-state index in [4.69, 9.17) is 0 Å². The van der Waals surface area contributed by atoms with E-state index in [-0.39, 0.29) is 5.41 Å². The SMILES string of the molecule is Cc1nc(Nc2cc(C(C)(C)C)[nH]n2)c2cccn2n1. The van der Waals surface area contributed by atoms with Crippen molar-refractivity contribution in [2.24, 2.45) is 0 Å². The van der Waals surface area contributed by atoms with Crippen LogP contribution < -0.4 is 5.32 Å². The summed E-state index contributed by atoms with van der Waals surface area (Å²) in [7, 11) is 0. The number of hydrogen-bond acceptors (Lipinski definition) is 4. The van der Waals surface area contributed by atoms with E-state index in [1.807, 2.05) is 35.8 Å². The Morgan fingerprint density at radius 3 is 2.80 bits per heavy atom. The first-order valence-corrected chi connectivity index (χ1v) is 6.58. The van der Waals surface area contributed by atoms with Crippen LogP contribution in [0.25, 0.3) is 5.52 Å². The molecule has 0 aliphatic heterocycles. The predicted molar refractivity (Wildman–Crippen MR) is 78.3 cm³/mol. The molecular formula is C14H18N6. The van der Waals surface area contributed by atoms with Crippen LogP contribution in [0, 0.1) is 6.92 Å². The lowest BCUT2D eigenvalue weighted by atomic mass is 9.92. The molecule has 3 aromatic rings. The lowest BCUT2D eigenvalue weighted by molar-refractivity contribution is 0.567. The number of anilines is 2. The molecular weight excluding hydrogens is 252 g/mol. The van der Waals surface area contributed by atoms with Gasteiger partial charge in [0.1, 0.15) is 11.3 Å². The van der Waals surface area contributed by atoms with Gasteiger partial charge >= 0.3 is 0 Å². The number of nitrogens with one attached hydrogen (secondary N) is 2. The van der Waals surface area contributed by atoms with Gasteiger partial charge < -0.3 is 5.32 Å². The molecule has 0 radical (unpaired) electrons. The molecule has 0 atom stereocenters. The van der Waals surface area contributed by atoms with Crippen LogP contribution in [0.1, 0.15) is 32.3 Å². The number of nitrogens with zero attached hydrogens (tertiary/aromatic N) is 4. The summed E-state index contributed by atoms with van der Waals surface area (Å²) in [5, 5.41) is 14.9. The Balaban J connectivity index is 1.97. The van der Waals surface area contributed by atoms with E-state index in [0.717, 1.165) is 22.8 Å². The van der Waals surface area contributed by atoms with Gasteiger partial charge in [-0.15, -0.1) is 0 Å². The number of fused-ring (bicyclic) bond motifs is 1. The standard InChI is InChI=1S/C14H18N6/c1-9-15-13(10-6-5-7-20(10)19-9)16-12-8-11(17-18-12)14(2,3)4/h5-8H,1-4H3,(H2,15,16,17,18,19). The summed E-state index contributed by atoms with van der Waals surface area (Å²) in [5.41, 5.74) is 2.05. The maximum absolute atomic E-state index is 4.44. The van der Waals surface area contributed by atoms with Gasteiger partial charge in [-0.3, -0.25) is 5.10 Å². The first-order valence-electron chi connectivity index (χ1n) is 6.58. The lowest BCUT2D eigenvalue weighted by Crippen LogP contribution is -2.11. The highest BCUT2D eigenvalue weighted by Crippen LogP contribution is 2.24. The van der Waals surface area contributed by atoms with E-state index in [0.29, 0.717) is 5.82 Å². The Bertz CT molecular complexity index is 746. The zero-order valence-corrected chi connectivity index (χ0v) is 12.1. The minimum absolute atomic E-state index is 0.0406. The highest BCUT2D eigenvalue weighted by Gasteiger charge is 2.17. The van der Waals surface area contributed by atoms with Crippen molar-refractivity contribution in [3.05, 3.63) is 35.9 Å². The van der Waals surface area contributed by atoms with Gasteiger partial charge in [-0.25, -0.2) is 9.50 Å². The second-order valence-electron chi connectivity index (χ2n) is 5.89. The van der Waals surface area contributed by atoms with E-state index >= 15 is 0 Å². The highest BCUT2D eigenvalue weighted by atomic mass is 15.3. The minimum Gasteiger partial charge on any atom is -0.322 e. The third-order valence-electron chi connectivity index (χ3n) is 3.13. The van der Waals surface area contributed by atoms with Crippen molar-refractivity contribution in [1.82, 2.24) is 24.8 Å². The van der Waals surface area contributed by atoms with E-state index in [1.54, 1.807) is 0 Å². The summed E-state index contributed by atoms with van der Waals surface area (Å²) in [6.07, 6.45) is 1.90. The summed E-state index contributed by atoms with van der Waals surface area (Å²) in [4.78, 5) is 4.44. The van der Waals surface area contributed by atoms with Gasteiger partial charge in [-0.05, 0) is 19.1 Å². The van der Waals surface area contributed by atoms with Crippen LogP contribution in [-0.4, -0.2) is 24.8 Å². The van der Waals surface area contributed by atoms with E-state index in [1.165, 1.54) is 0 Å². The Labute approximate surface area is 117 Å². The molecule has 0 bridgehead atoms. The number of aryl methyl sites for hydroxylation is 1. The Morgan fingerprint density at radius 2 is 2.10 bits per heavy atom. The van der Waals surface area contributed by atoms with Crippen LogP contribution in [0.5, 0.6) is 0 Å². The Morgan fingerprint density at radius 1 is 1.30 bits per heavy atom. The molecule has 0 aliphatic rings. The highest BCUT2D eigenvalue weighted by molar-refractivity contribution is 5.71. The fourth-order valence-corrected chi connectivity index (χ4v) is 2.03. The summed E-state index contributed by atoms with van der Waals surface area (Å²) in [5.74, 6) is 2.23. The van der Waals surface area contributed by atoms with Crippen molar-refractivity contribution in [3.63, 3.8) is 0 Å². The molecule has 6 nitrogen and oxygen atoms in total. The van der Waals surface area contributed by atoms with Crippen molar-refractivity contribution < 1.29 is 0 Å². The van der Waals surface area contributed by atoms with Crippen LogP contribution in [0.15, 0.2) is 24.4 Å². The lowest BCUT2D eigenvalue weighted by Gasteiger charge is -2.14. The van der Waals surface area contributed by atoms with Gasteiger partial charge in [-0.2, -0.15) is 10.2 Å². The van der Waals surface area contributed by atoms with Gasteiger partial charge in [0.2, 0.25) is 0 Å². The fraction of sp³-hybridized carbons (Fsp3) is 0.357. The molecule has 3 rings (SSSR count). The topological polar surface area (TPSA) is 70.9 Å². The molecule has 0 aliphatic carbocycles. The monoisotopic (exact) mass is 270 g/mol. The van der Waals surface area contributed by atoms with Gasteiger partial charge in [-0.1, -0.05) is 20.8 Å². The molecule has 0 spiro atoms. The molecule has 104 valence electrons. The molecule has 0 aromatic carbocycles. The average molecular weight is 270 g/mol. The third kappa shape index (κ3) is 2.24. The van der Waals surface area contributed by atoms with E-state index < -0.39 is 0 Å². The third-order valence-corrected chi connectivity index (χ3v) is 3.13. The van der Waals surface area contributed by atoms with Crippen molar-refractivity contribution in [2.75, 3.05) is 5.32 Å². The number of aromatic amines is 1. The Kier molecular flexibility index (Phi) is 2.74. The maximum Gasteiger partial charge on any atom is 0.159 e. The second kappa shape index (κ2) is 4.33. The zero-order valence-electron chi connectivity index (χ0n) is 12.1. The van der Waals surface area contributed by atoms with Crippen LogP contribution in [0.2, 0.25) is 0 Å². The molecule has 20 heavy (non-hydrogen) atoms. The van der Waals surface area contributed by atoms with Gasteiger partial charge in [0.25, 0.3) is 0 Å². The molecule has 0 amide bonds. The smallest absolute Gasteiger partial charge is 0.159 e. The minimum atomic E-state index is 0.0406. The molecule has 0 saturated carbocycles. The largest absolute Gasteiger partial charge is 0.322 e. The summed E-state index contributed by atoms with van der Waals surface area (Å²) >= 11 is 0. The number of H-pyrrole nitrogens is 1. The first kappa shape index (κ1) is 12.7. The summed E-state index contributed by atoms with van der Waals surface area (Å²) in [6.45, 7) is 8.30. The average Bonchev–Trinajstić information content (AvgIpc) is 2.95. The molecule has 0 saturated heterocycles. The van der Waals surface area contributed by atoms with E-state index in [2.05, 4.69) is 46.4 Å². The predicted octanol–water partition coefficient (Wildman–Crippen LogP) is 2.80. The normalized spacial score (nSPS) is 12.0. The first-order chi connectivity index (χ1) is 9.43. The molecule has 3 aromatic heterocycles. The van der Waals surface area contributed by atoms with Crippen molar-refractivity contribution in [1.29, 1.82) is 0 Å². The maximum atomic E-state index is 4.44. The van der Waals surface area contributed by atoms with Crippen molar-refractivity contribution >= 4 is 17.2 Å². The van der Waals surface area contributed by atoms with Gasteiger partial charge in [0, 0.05) is 23.4 Å². The quantitative estimate of drug-likeness (QED) is 0.751. The molecule has 2 N–H and O–H groups in total. The summed E-state index contributed by atoms with van der Waals surface area (Å²) in [6, 6.07) is 5.93. The number of rotatable bonds is 2. The van der Waals surface area contributed by atoms with Crippen LogP contribution >= 0.6 is 0 Å². The molecule has 0 fully saturated rings. The zero-order chi connectivity index (χ0) is 14.3. The fourth-order valence-electron chi connectivity index (χ4n) is 2.03. The molecule has 3 heterocycles. The van der Waals surface area contributed by atoms with Crippen LogP contribution in [-0.2, 0) is 5.41 Å².